The van der Waals surface area contributed by atoms with E-state index in [1.807, 2.05) is 55.5 Å². The van der Waals surface area contributed by atoms with Gasteiger partial charge in [-0.1, -0.05) is 50.9 Å². The molecule has 33 heavy (non-hydrogen) atoms. The van der Waals surface area contributed by atoms with Crippen LogP contribution >= 0.6 is 63.7 Å². The molecule has 0 bridgehead atoms. The highest BCUT2D eigenvalue weighted by molar-refractivity contribution is 9.11. The lowest BCUT2D eigenvalue weighted by Gasteiger charge is -2.12. The summed E-state index contributed by atoms with van der Waals surface area (Å²) in [4.78, 5) is 17.7. The van der Waals surface area contributed by atoms with Crippen LogP contribution in [-0.4, -0.2) is 15.9 Å². The van der Waals surface area contributed by atoms with Gasteiger partial charge in [-0.2, -0.15) is 9.78 Å². The highest BCUT2D eigenvalue weighted by Gasteiger charge is 2.11. The fourth-order valence-corrected chi connectivity index (χ4v) is 5.27. The van der Waals surface area contributed by atoms with Gasteiger partial charge < -0.3 is 4.74 Å². The van der Waals surface area contributed by atoms with Crippen LogP contribution in [0.4, 0.5) is 0 Å². The predicted molar refractivity (Wildman–Crippen MR) is 146 cm³/mol. The molecule has 0 spiro atoms. The molecule has 0 amide bonds. The van der Waals surface area contributed by atoms with E-state index < -0.39 is 0 Å². The molecular formula is C24H17Br4N3O2. The van der Waals surface area contributed by atoms with Gasteiger partial charge in [-0.15, -0.1) is 0 Å². The Morgan fingerprint density at radius 2 is 1.64 bits per heavy atom. The minimum atomic E-state index is -0.206. The molecule has 0 fully saturated rings. The first-order valence-corrected chi connectivity index (χ1v) is 13.1. The van der Waals surface area contributed by atoms with Crippen LogP contribution in [0.5, 0.6) is 5.75 Å². The summed E-state index contributed by atoms with van der Waals surface area (Å²) in [7, 11) is 0. The maximum Gasteiger partial charge on any atom is 0.282 e. The van der Waals surface area contributed by atoms with Gasteiger partial charge >= 0.3 is 0 Å². The van der Waals surface area contributed by atoms with E-state index in [-0.39, 0.29) is 5.56 Å². The fourth-order valence-electron chi connectivity index (χ4n) is 3.20. The smallest absolute Gasteiger partial charge is 0.282 e. The number of fused-ring (bicyclic) bond motifs is 1. The van der Waals surface area contributed by atoms with E-state index >= 15 is 0 Å². The van der Waals surface area contributed by atoms with Crippen molar-refractivity contribution in [2.45, 2.75) is 20.0 Å². The Balaban J connectivity index is 1.62. The Morgan fingerprint density at radius 1 is 0.970 bits per heavy atom. The van der Waals surface area contributed by atoms with Crippen molar-refractivity contribution in [1.82, 2.24) is 9.66 Å². The van der Waals surface area contributed by atoms with Crippen LogP contribution in [0.15, 0.2) is 82.4 Å². The molecule has 4 aromatic rings. The van der Waals surface area contributed by atoms with Crippen LogP contribution in [0.1, 0.15) is 23.9 Å². The summed E-state index contributed by atoms with van der Waals surface area (Å²) in [5.74, 6) is 1.29. The fraction of sp³-hybridized carbons (Fsp3) is 0.125. The zero-order chi connectivity index (χ0) is 23.5. The first-order chi connectivity index (χ1) is 15.9. The average Bonchev–Trinajstić information content (AvgIpc) is 2.79. The molecule has 0 atom stereocenters. The van der Waals surface area contributed by atoms with E-state index in [9.17, 15) is 4.79 Å². The zero-order valence-corrected chi connectivity index (χ0v) is 23.7. The van der Waals surface area contributed by atoms with Gasteiger partial charge in [-0.05, 0) is 85.5 Å². The van der Waals surface area contributed by atoms with E-state index in [2.05, 4.69) is 73.8 Å². The standard InChI is InChI=1S/C24H17Br4N3O2/c1-2-22-30-21-8-7-17(26)11-18(21)24(32)31(22)29-12-15-9-19(27)23(20(28)10-15)33-13-14-3-5-16(25)6-4-14/h3-12H,2,13H2,1H3. The van der Waals surface area contributed by atoms with Gasteiger partial charge in [0.05, 0.1) is 26.1 Å². The van der Waals surface area contributed by atoms with E-state index in [1.54, 1.807) is 12.3 Å². The number of aromatic nitrogens is 2. The molecule has 0 unspecified atom stereocenters. The van der Waals surface area contributed by atoms with Crippen molar-refractivity contribution >= 4 is 80.8 Å². The van der Waals surface area contributed by atoms with Crippen LogP contribution in [0, 0.1) is 0 Å². The zero-order valence-electron chi connectivity index (χ0n) is 17.4. The summed E-state index contributed by atoms with van der Waals surface area (Å²) in [6.07, 6.45) is 2.22. The summed E-state index contributed by atoms with van der Waals surface area (Å²) in [6.45, 7) is 2.38. The second-order valence-corrected chi connectivity index (χ2v) is 10.7. The molecule has 5 nitrogen and oxygen atoms in total. The number of rotatable bonds is 6. The van der Waals surface area contributed by atoms with Gasteiger partial charge in [-0.3, -0.25) is 4.79 Å². The third-order valence-electron chi connectivity index (χ3n) is 4.83. The lowest BCUT2D eigenvalue weighted by atomic mass is 10.2. The molecule has 0 radical (unpaired) electrons. The topological polar surface area (TPSA) is 56.5 Å². The molecule has 0 aliphatic carbocycles. The lowest BCUT2D eigenvalue weighted by Crippen LogP contribution is -2.22. The molecule has 0 saturated heterocycles. The van der Waals surface area contributed by atoms with Crippen molar-refractivity contribution in [3.8, 4) is 5.75 Å². The number of halogens is 4. The quantitative estimate of drug-likeness (QED) is 0.197. The summed E-state index contributed by atoms with van der Waals surface area (Å²) in [6, 6.07) is 17.2. The summed E-state index contributed by atoms with van der Waals surface area (Å²) in [5.41, 5.74) is 2.31. The van der Waals surface area contributed by atoms with Crippen molar-refractivity contribution in [1.29, 1.82) is 0 Å². The van der Waals surface area contributed by atoms with Crippen LogP contribution < -0.4 is 10.3 Å². The van der Waals surface area contributed by atoms with Crippen molar-refractivity contribution in [2.24, 2.45) is 5.10 Å². The first kappa shape index (κ1) is 24.3. The van der Waals surface area contributed by atoms with Gasteiger partial charge in [0.15, 0.2) is 0 Å². The SMILES string of the molecule is CCc1nc2ccc(Br)cc2c(=O)n1N=Cc1cc(Br)c(OCc2ccc(Br)cc2)c(Br)c1. The number of hydrogen-bond donors (Lipinski definition) is 0. The van der Waals surface area contributed by atoms with E-state index in [4.69, 9.17) is 4.74 Å². The molecule has 1 heterocycles. The van der Waals surface area contributed by atoms with Gasteiger partial charge in [0.1, 0.15) is 18.2 Å². The molecule has 1 aromatic heterocycles. The molecule has 0 N–H and O–H groups in total. The minimum absolute atomic E-state index is 0.206. The number of ether oxygens (including phenoxy) is 1. The maximum atomic E-state index is 13.1. The van der Waals surface area contributed by atoms with Crippen molar-refractivity contribution in [3.63, 3.8) is 0 Å². The highest BCUT2D eigenvalue weighted by Crippen LogP contribution is 2.35. The number of nitrogens with zero attached hydrogens (tertiary/aromatic N) is 3. The van der Waals surface area contributed by atoms with E-state index in [0.717, 1.165) is 29.0 Å². The lowest BCUT2D eigenvalue weighted by molar-refractivity contribution is 0.302. The predicted octanol–water partition coefficient (Wildman–Crippen LogP) is 7.47. The molecule has 168 valence electrons. The van der Waals surface area contributed by atoms with Crippen molar-refractivity contribution in [2.75, 3.05) is 0 Å². The minimum Gasteiger partial charge on any atom is -0.487 e. The normalized spacial score (nSPS) is 11.4. The van der Waals surface area contributed by atoms with Crippen LogP contribution in [0.25, 0.3) is 10.9 Å². The molecule has 4 rings (SSSR count). The number of aryl methyl sites for hydroxylation is 1. The highest BCUT2D eigenvalue weighted by atomic mass is 79.9. The largest absolute Gasteiger partial charge is 0.487 e. The second-order valence-electron chi connectivity index (χ2n) is 7.13. The van der Waals surface area contributed by atoms with Crippen LogP contribution in [0.2, 0.25) is 0 Å². The van der Waals surface area contributed by atoms with Crippen molar-refractivity contribution in [3.05, 3.63) is 99.8 Å². The molecule has 3 aromatic carbocycles. The number of hydrogen-bond acceptors (Lipinski definition) is 4. The van der Waals surface area contributed by atoms with Crippen LogP contribution in [-0.2, 0) is 13.0 Å². The molecule has 9 heteroatoms. The average molecular weight is 699 g/mol. The number of benzene rings is 3. The maximum absolute atomic E-state index is 13.1. The Hall–Kier alpha value is -1.81. The second kappa shape index (κ2) is 10.6. The molecule has 0 aliphatic heterocycles. The van der Waals surface area contributed by atoms with E-state index in [0.29, 0.717) is 35.5 Å². The third-order valence-corrected chi connectivity index (χ3v) is 7.03. The summed E-state index contributed by atoms with van der Waals surface area (Å²) in [5, 5.41) is 4.97. The van der Waals surface area contributed by atoms with Crippen molar-refractivity contribution < 1.29 is 4.74 Å². The Kier molecular flexibility index (Phi) is 7.83. The monoisotopic (exact) mass is 695 g/mol. The Labute approximate surface area is 224 Å². The first-order valence-electron chi connectivity index (χ1n) is 9.97. The van der Waals surface area contributed by atoms with Gasteiger partial charge in [0.2, 0.25) is 0 Å². The van der Waals surface area contributed by atoms with Crippen LogP contribution in [0.3, 0.4) is 0 Å². The van der Waals surface area contributed by atoms with E-state index in [1.165, 1.54) is 4.68 Å². The molecule has 0 saturated carbocycles. The summed E-state index contributed by atoms with van der Waals surface area (Å²) >= 11 is 14.0. The van der Waals surface area contributed by atoms with Gasteiger partial charge in [0.25, 0.3) is 5.56 Å². The Morgan fingerprint density at radius 3 is 2.30 bits per heavy atom. The van der Waals surface area contributed by atoms with Gasteiger partial charge in [-0.25, -0.2) is 4.98 Å². The third kappa shape index (κ3) is 5.65. The Bertz CT molecular complexity index is 1390. The molecular weight excluding hydrogens is 682 g/mol. The molecule has 0 aliphatic rings. The summed E-state index contributed by atoms with van der Waals surface area (Å²) < 4.78 is 10.8. The van der Waals surface area contributed by atoms with Gasteiger partial charge in [0, 0.05) is 15.4 Å².